The number of rotatable bonds is 5. The summed E-state index contributed by atoms with van der Waals surface area (Å²) in [6.45, 7) is 7.39. The quantitative estimate of drug-likeness (QED) is 0.776. The lowest BCUT2D eigenvalue weighted by atomic mass is 10.1. The van der Waals surface area contributed by atoms with Gasteiger partial charge in [-0.2, -0.15) is 0 Å². The Hall–Kier alpha value is -0.890. The molecule has 1 aromatic rings. The SMILES string of the molecule is CCCC(NCC)c1cccc(C)n1. The summed E-state index contributed by atoms with van der Waals surface area (Å²) < 4.78 is 0. The molecule has 0 amide bonds. The molecule has 1 rings (SSSR count). The summed E-state index contributed by atoms with van der Waals surface area (Å²) in [5.41, 5.74) is 2.27. The molecule has 0 aliphatic heterocycles. The molecule has 0 aliphatic rings. The maximum absolute atomic E-state index is 4.55. The Kier molecular flexibility index (Phi) is 4.60. The van der Waals surface area contributed by atoms with Crippen LogP contribution in [0.2, 0.25) is 0 Å². The van der Waals surface area contributed by atoms with Gasteiger partial charge in [-0.3, -0.25) is 4.98 Å². The lowest BCUT2D eigenvalue weighted by Gasteiger charge is -2.16. The predicted octanol–water partition coefficient (Wildman–Crippen LogP) is 2.84. The summed E-state index contributed by atoms with van der Waals surface area (Å²) >= 11 is 0. The number of pyridine rings is 1. The minimum atomic E-state index is 0.421. The molecule has 0 bridgehead atoms. The average Bonchev–Trinajstić information content (AvgIpc) is 2.17. The predicted molar refractivity (Wildman–Crippen MR) is 60.3 cm³/mol. The summed E-state index contributed by atoms with van der Waals surface area (Å²) in [7, 11) is 0. The van der Waals surface area contributed by atoms with Crippen LogP contribution in [-0.4, -0.2) is 11.5 Å². The molecule has 2 nitrogen and oxygen atoms in total. The van der Waals surface area contributed by atoms with Crippen LogP contribution in [0.25, 0.3) is 0 Å². The average molecular weight is 192 g/mol. The van der Waals surface area contributed by atoms with E-state index in [1.807, 2.05) is 13.0 Å². The molecule has 0 spiro atoms. The van der Waals surface area contributed by atoms with E-state index in [2.05, 4.69) is 36.3 Å². The van der Waals surface area contributed by atoms with E-state index in [1.54, 1.807) is 0 Å². The second-order valence-electron chi connectivity index (χ2n) is 3.60. The summed E-state index contributed by atoms with van der Waals surface area (Å²) in [5.74, 6) is 0. The maximum Gasteiger partial charge on any atom is 0.0576 e. The van der Waals surface area contributed by atoms with Crippen LogP contribution in [0.15, 0.2) is 18.2 Å². The number of aromatic nitrogens is 1. The van der Waals surface area contributed by atoms with Gasteiger partial charge in [-0.25, -0.2) is 0 Å². The van der Waals surface area contributed by atoms with E-state index < -0.39 is 0 Å². The molecule has 78 valence electrons. The van der Waals surface area contributed by atoms with Crippen molar-refractivity contribution in [1.82, 2.24) is 10.3 Å². The second-order valence-corrected chi connectivity index (χ2v) is 3.60. The molecular weight excluding hydrogens is 172 g/mol. The minimum Gasteiger partial charge on any atom is -0.309 e. The Bertz CT molecular complexity index is 265. The first kappa shape index (κ1) is 11.2. The number of hydrogen-bond donors (Lipinski definition) is 1. The van der Waals surface area contributed by atoms with Gasteiger partial charge >= 0.3 is 0 Å². The molecule has 2 heteroatoms. The van der Waals surface area contributed by atoms with Gasteiger partial charge in [-0.05, 0) is 32.0 Å². The molecule has 0 aromatic carbocycles. The fourth-order valence-corrected chi connectivity index (χ4v) is 1.65. The highest BCUT2D eigenvalue weighted by atomic mass is 14.9. The van der Waals surface area contributed by atoms with Crippen molar-refractivity contribution in [2.75, 3.05) is 6.54 Å². The zero-order valence-electron chi connectivity index (χ0n) is 9.38. The van der Waals surface area contributed by atoms with Gasteiger partial charge in [0.25, 0.3) is 0 Å². The lowest BCUT2D eigenvalue weighted by molar-refractivity contribution is 0.497. The van der Waals surface area contributed by atoms with E-state index in [-0.39, 0.29) is 0 Å². The van der Waals surface area contributed by atoms with Gasteiger partial charge in [0.05, 0.1) is 5.69 Å². The van der Waals surface area contributed by atoms with E-state index in [0.29, 0.717) is 6.04 Å². The summed E-state index contributed by atoms with van der Waals surface area (Å²) in [6.07, 6.45) is 2.34. The highest BCUT2D eigenvalue weighted by Gasteiger charge is 2.09. The Labute approximate surface area is 86.8 Å². The first-order valence-corrected chi connectivity index (χ1v) is 5.44. The molecule has 0 radical (unpaired) electrons. The minimum absolute atomic E-state index is 0.421. The normalized spacial score (nSPS) is 12.8. The molecule has 1 heterocycles. The van der Waals surface area contributed by atoms with Crippen LogP contribution in [-0.2, 0) is 0 Å². The number of nitrogens with one attached hydrogen (secondary N) is 1. The molecule has 1 aromatic heterocycles. The van der Waals surface area contributed by atoms with Gasteiger partial charge < -0.3 is 5.32 Å². The molecule has 0 fully saturated rings. The van der Waals surface area contributed by atoms with Crippen molar-refractivity contribution in [1.29, 1.82) is 0 Å². The van der Waals surface area contributed by atoms with Gasteiger partial charge in [0.15, 0.2) is 0 Å². The summed E-state index contributed by atoms with van der Waals surface area (Å²) in [4.78, 5) is 4.55. The van der Waals surface area contributed by atoms with E-state index in [0.717, 1.165) is 18.7 Å². The van der Waals surface area contributed by atoms with Gasteiger partial charge in [-0.1, -0.05) is 26.3 Å². The highest BCUT2D eigenvalue weighted by molar-refractivity contribution is 5.13. The topological polar surface area (TPSA) is 24.9 Å². The monoisotopic (exact) mass is 192 g/mol. The van der Waals surface area contributed by atoms with E-state index >= 15 is 0 Å². The largest absolute Gasteiger partial charge is 0.309 e. The van der Waals surface area contributed by atoms with Crippen molar-refractivity contribution < 1.29 is 0 Å². The first-order valence-electron chi connectivity index (χ1n) is 5.44. The van der Waals surface area contributed by atoms with Gasteiger partial charge in [0, 0.05) is 11.7 Å². The van der Waals surface area contributed by atoms with Crippen molar-refractivity contribution >= 4 is 0 Å². The molecule has 1 unspecified atom stereocenters. The zero-order chi connectivity index (χ0) is 10.4. The number of aryl methyl sites for hydroxylation is 1. The Balaban J connectivity index is 2.75. The van der Waals surface area contributed by atoms with Crippen molar-refractivity contribution in [3.05, 3.63) is 29.6 Å². The Morgan fingerprint density at radius 2 is 2.14 bits per heavy atom. The van der Waals surface area contributed by atoms with Crippen LogP contribution in [0.1, 0.15) is 44.1 Å². The third-order valence-corrected chi connectivity index (χ3v) is 2.29. The van der Waals surface area contributed by atoms with Crippen molar-refractivity contribution in [2.45, 2.75) is 39.7 Å². The fourth-order valence-electron chi connectivity index (χ4n) is 1.65. The standard InChI is InChI=1S/C12H20N2/c1-4-7-11(13-5-2)12-9-6-8-10(3)14-12/h6,8-9,11,13H,4-5,7H2,1-3H3. The van der Waals surface area contributed by atoms with E-state index in [4.69, 9.17) is 0 Å². The van der Waals surface area contributed by atoms with Crippen LogP contribution < -0.4 is 5.32 Å². The fraction of sp³-hybridized carbons (Fsp3) is 0.583. The first-order chi connectivity index (χ1) is 6.77. The molecule has 0 saturated carbocycles. The van der Waals surface area contributed by atoms with Crippen molar-refractivity contribution in [2.24, 2.45) is 0 Å². The van der Waals surface area contributed by atoms with Crippen molar-refractivity contribution in [3.63, 3.8) is 0 Å². The molecule has 1 atom stereocenters. The zero-order valence-corrected chi connectivity index (χ0v) is 9.38. The molecule has 0 saturated heterocycles. The maximum atomic E-state index is 4.55. The van der Waals surface area contributed by atoms with Gasteiger partial charge in [0.1, 0.15) is 0 Å². The second kappa shape index (κ2) is 5.76. The molecular formula is C12H20N2. The van der Waals surface area contributed by atoms with Crippen LogP contribution in [0, 0.1) is 6.92 Å². The number of nitrogens with zero attached hydrogens (tertiary/aromatic N) is 1. The van der Waals surface area contributed by atoms with Crippen LogP contribution in [0.5, 0.6) is 0 Å². The smallest absolute Gasteiger partial charge is 0.0576 e. The van der Waals surface area contributed by atoms with E-state index in [1.165, 1.54) is 12.1 Å². The molecule has 1 N–H and O–H groups in total. The van der Waals surface area contributed by atoms with E-state index in [9.17, 15) is 0 Å². The number of hydrogen-bond acceptors (Lipinski definition) is 2. The van der Waals surface area contributed by atoms with Gasteiger partial charge in [0.2, 0.25) is 0 Å². The van der Waals surface area contributed by atoms with Crippen LogP contribution in [0.4, 0.5) is 0 Å². The lowest BCUT2D eigenvalue weighted by Crippen LogP contribution is -2.21. The Morgan fingerprint density at radius 1 is 1.36 bits per heavy atom. The molecule has 14 heavy (non-hydrogen) atoms. The Morgan fingerprint density at radius 3 is 2.71 bits per heavy atom. The molecule has 0 aliphatic carbocycles. The van der Waals surface area contributed by atoms with Crippen LogP contribution >= 0.6 is 0 Å². The third-order valence-electron chi connectivity index (χ3n) is 2.29. The summed E-state index contributed by atoms with van der Waals surface area (Å²) in [6, 6.07) is 6.65. The van der Waals surface area contributed by atoms with Gasteiger partial charge in [-0.15, -0.1) is 0 Å². The highest BCUT2D eigenvalue weighted by Crippen LogP contribution is 2.16. The van der Waals surface area contributed by atoms with Crippen LogP contribution in [0.3, 0.4) is 0 Å². The van der Waals surface area contributed by atoms with Crippen molar-refractivity contribution in [3.8, 4) is 0 Å². The summed E-state index contributed by atoms with van der Waals surface area (Å²) in [5, 5.41) is 3.46. The third kappa shape index (κ3) is 3.11.